The number of hydrogen-bond donors (Lipinski definition) is 4. The van der Waals surface area contributed by atoms with Gasteiger partial charge in [0.15, 0.2) is 17.3 Å². The Morgan fingerprint density at radius 1 is 1.31 bits per heavy atom. The highest BCUT2D eigenvalue weighted by Gasteiger charge is 2.38. The Morgan fingerprint density at radius 2 is 1.96 bits per heavy atom. The number of amides is 2. The molecule has 142 valence electrons. The lowest BCUT2D eigenvalue weighted by Gasteiger charge is -2.27. The van der Waals surface area contributed by atoms with Gasteiger partial charge in [0.1, 0.15) is 5.75 Å². The molecule has 1 heterocycles. The molecule has 0 atom stereocenters. The van der Waals surface area contributed by atoms with Gasteiger partial charge in [-0.15, -0.1) is 0 Å². The van der Waals surface area contributed by atoms with Crippen LogP contribution in [0.15, 0.2) is 12.1 Å². The van der Waals surface area contributed by atoms with E-state index in [-0.39, 0.29) is 22.1 Å². The quantitative estimate of drug-likeness (QED) is 0.562. The van der Waals surface area contributed by atoms with E-state index in [0.29, 0.717) is 12.8 Å². The third kappa shape index (κ3) is 3.58. The van der Waals surface area contributed by atoms with Crippen molar-refractivity contribution in [3.05, 3.63) is 23.5 Å². The summed E-state index contributed by atoms with van der Waals surface area (Å²) in [6, 6.07) is 1.80. The number of hydrogen-bond acceptors (Lipinski definition) is 6. The monoisotopic (exact) mass is 386 g/mol. The molecule has 0 aromatic heterocycles. The molecule has 1 aromatic carbocycles. The molecule has 1 saturated carbocycles. The smallest absolute Gasteiger partial charge is 0.262 e. The van der Waals surface area contributed by atoms with Gasteiger partial charge in [0.25, 0.3) is 21.8 Å². The van der Waals surface area contributed by atoms with Crippen LogP contribution >= 0.6 is 0 Å². The number of sulfonamides is 1. The average Bonchev–Trinajstić information content (AvgIpc) is 2.81. The van der Waals surface area contributed by atoms with Crippen LogP contribution in [0.1, 0.15) is 36.0 Å². The highest BCUT2D eigenvalue weighted by atomic mass is 32.2. The van der Waals surface area contributed by atoms with Crippen LogP contribution in [0, 0.1) is 5.82 Å². The van der Waals surface area contributed by atoms with Crippen LogP contribution in [0.25, 0.3) is 0 Å². The first-order valence-corrected chi connectivity index (χ1v) is 9.70. The number of rotatable bonds is 3. The van der Waals surface area contributed by atoms with Gasteiger partial charge in [0.2, 0.25) is 0 Å². The second-order valence-electron chi connectivity index (χ2n) is 6.47. The van der Waals surface area contributed by atoms with Gasteiger partial charge in [-0.05, 0) is 37.8 Å². The second-order valence-corrected chi connectivity index (χ2v) is 8.28. The molecule has 1 aliphatic heterocycles. The van der Waals surface area contributed by atoms with Crippen molar-refractivity contribution in [3.8, 4) is 5.75 Å². The van der Waals surface area contributed by atoms with E-state index in [2.05, 4.69) is 5.32 Å². The lowest BCUT2D eigenvalue weighted by Crippen LogP contribution is -2.40. The Kier molecular flexibility index (Phi) is 4.76. The van der Waals surface area contributed by atoms with E-state index in [1.165, 1.54) is 0 Å². The zero-order valence-electron chi connectivity index (χ0n) is 13.7. The summed E-state index contributed by atoms with van der Waals surface area (Å²) in [5.41, 5.74) is 6.89. The standard InChI is InChI=1S/C15H19FN4O5S/c16-11-5-8(15(23)18-10-3-1-9(17)2-4-10)6-12(21)14(11)20-19-13(22)7-26(20,24)25/h5-6,9-10,21H,1-4,7,17H2,(H,18,23)(H,19,22). The van der Waals surface area contributed by atoms with Crippen molar-refractivity contribution in [2.24, 2.45) is 5.73 Å². The number of carbonyl (C=O) groups excluding carboxylic acids is 2. The summed E-state index contributed by atoms with van der Waals surface area (Å²) >= 11 is 0. The normalized spacial score (nSPS) is 25.0. The first-order chi connectivity index (χ1) is 12.2. The SMILES string of the molecule is NC1CCC(NC(=O)c2cc(O)c(N3NC(=O)CS3(=O)=O)c(F)c2)CC1. The zero-order chi connectivity index (χ0) is 19.1. The van der Waals surface area contributed by atoms with Gasteiger partial charge in [-0.3, -0.25) is 15.0 Å². The van der Waals surface area contributed by atoms with Crippen molar-refractivity contribution < 1.29 is 27.5 Å². The van der Waals surface area contributed by atoms with E-state index >= 15 is 0 Å². The summed E-state index contributed by atoms with van der Waals surface area (Å²) in [6.45, 7) is 0. The van der Waals surface area contributed by atoms with Gasteiger partial charge < -0.3 is 16.2 Å². The van der Waals surface area contributed by atoms with Crippen molar-refractivity contribution in [2.45, 2.75) is 37.8 Å². The van der Waals surface area contributed by atoms with E-state index in [4.69, 9.17) is 5.73 Å². The van der Waals surface area contributed by atoms with Crippen LogP contribution in [-0.4, -0.2) is 43.2 Å². The van der Waals surface area contributed by atoms with Crippen LogP contribution in [0.5, 0.6) is 5.75 Å². The lowest BCUT2D eigenvalue weighted by atomic mass is 9.91. The number of nitrogens with one attached hydrogen (secondary N) is 2. The molecule has 0 spiro atoms. The van der Waals surface area contributed by atoms with Crippen LogP contribution in [-0.2, 0) is 14.8 Å². The largest absolute Gasteiger partial charge is 0.506 e. The summed E-state index contributed by atoms with van der Waals surface area (Å²) in [6.07, 6.45) is 2.96. The highest BCUT2D eigenvalue weighted by Crippen LogP contribution is 2.34. The maximum atomic E-state index is 14.4. The molecule has 26 heavy (non-hydrogen) atoms. The molecule has 11 heteroatoms. The number of benzene rings is 1. The number of anilines is 1. The summed E-state index contributed by atoms with van der Waals surface area (Å²) in [5, 5.41) is 12.8. The molecule has 2 amide bonds. The number of aromatic hydroxyl groups is 1. The number of nitrogens with zero attached hydrogens (tertiary/aromatic N) is 1. The molecule has 1 aliphatic carbocycles. The van der Waals surface area contributed by atoms with Crippen LogP contribution in [0.2, 0.25) is 0 Å². The Labute approximate surface area is 149 Å². The number of carbonyl (C=O) groups is 2. The molecular weight excluding hydrogens is 367 g/mol. The first kappa shape index (κ1) is 18.4. The fourth-order valence-corrected chi connectivity index (χ4v) is 4.31. The van der Waals surface area contributed by atoms with Gasteiger partial charge >= 0.3 is 0 Å². The Bertz CT molecular complexity index is 829. The van der Waals surface area contributed by atoms with Crippen molar-refractivity contribution in [1.82, 2.24) is 10.7 Å². The number of halogens is 1. The fraction of sp³-hybridized carbons (Fsp3) is 0.467. The number of phenols is 1. The molecule has 2 fully saturated rings. The van der Waals surface area contributed by atoms with Crippen LogP contribution in [0.4, 0.5) is 10.1 Å². The third-order valence-corrected chi connectivity index (χ3v) is 5.89. The molecule has 5 N–H and O–H groups in total. The topological polar surface area (TPSA) is 142 Å². The Hall–Kier alpha value is -2.40. The van der Waals surface area contributed by atoms with Crippen LogP contribution in [0.3, 0.4) is 0 Å². The molecule has 0 radical (unpaired) electrons. The minimum absolute atomic E-state index is 0.0922. The third-order valence-electron chi connectivity index (χ3n) is 4.43. The van der Waals surface area contributed by atoms with Gasteiger partial charge in [-0.2, -0.15) is 4.41 Å². The molecule has 3 rings (SSSR count). The molecule has 2 aliphatic rings. The van der Waals surface area contributed by atoms with Crippen LogP contribution < -0.4 is 20.9 Å². The lowest BCUT2D eigenvalue weighted by molar-refractivity contribution is -0.117. The summed E-state index contributed by atoms with van der Waals surface area (Å²) in [5.74, 6) is -4.20. The predicted octanol–water partition coefficient (Wildman–Crippen LogP) is -0.288. The van der Waals surface area contributed by atoms with Crippen molar-refractivity contribution in [3.63, 3.8) is 0 Å². The highest BCUT2D eigenvalue weighted by molar-refractivity contribution is 7.93. The van der Waals surface area contributed by atoms with Crippen molar-refractivity contribution in [1.29, 1.82) is 0 Å². The maximum absolute atomic E-state index is 14.4. The number of hydrazine groups is 1. The van der Waals surface area contributed by atoms with Gasteiger partial charge in [0.05, 0.1) is 0 Å². The summed E-state index contributed by atoms with van der Waals surface area (Å²) in [4.78, 5) is 23.6. The van der Waals surface area contributed by atoms with Crippen molar-refractivity contribution >= 4 is 27.5 Å². The minimum atomic E-state index is -4.14. The first-order valence-electron chi connectivity index (χ1n) is 8.09. The van der Waals surface area contributed by atoms with Gasteiger partial charge in [0, 0.05) is 17.6 Å². The summed E-state index contributed by atoms with van der Waals surface area (Å²) < 4.78 is 38.4. The van der Waals surface area contributed by atoms with E-state index in [1.807, 2.05) is 5.43 Å². The minimum Gasteiger partial charge on any atom is -0.506 e. The average molecular weight is 386 g/mol. The molecule has 1 saturated heterocycles. The van der Waals surface area contributed by atoms with E-state index in [9.17, 15) is 27.5 Å². The van der Waals surface area contributed by atoms with E-state index < -0.39 is 44.8 Å². The fourth-order valence-electron chi connectivity index (χ4n) is 3.09. The molecule has 9 nitrogen and oxygen atoms in total. The zero-order valence-corrected chi connectivity index (χ0v) is 14.6. The Balaban J connectivity index is 1.81. The van der Waals surface area contributed by atoms with E-state index in [0.717, 1.165) is 25.0 Å². The molecule has 0 bridgehead atoms. The number of phenolic OH excluding ortho intramolecular Hbond substituents is 1. The molecule has 0 unspecified atom stereocenters. The number of nitrogens with two attached hydrogens (primary N) is 1. The van der Waals surface area contributed by atoms with E-state index in [1.54, 1.807) is 0 Å². The second kappa shape index (κ2) is 6.72. The summed E-state index contributed by atoms with van der Waals surface area (Å²) in [7, 11) is -4.14. The van der Waals surface area contributed by atoms with Crippen molar-refractivity contribution in [2.75, 3.05) is 10.2 Å². The molecular formula is C15H19FN4O5S. The molecule has 1 aromatic rings. The van der Waals surface area contributed by atoms with Gasteiger partial charge in [-0.1, -0.05) is 0 Å². The van der Waals surface area contributed by atoms with Gasteiger partial charge in [-0.25, -0.2) is 12.8 Å². The Morgan fingerprint density at radius 3 is 2.50 bits per heavy atom. The predicted molar refractivity (Wildman–Crippen MR) is 90.2 cm³/mol. The maximum Gasteiger partial charge on any atom is 0.262 e.